The fourth-order valence-corrected chi connectivity index (χ4v) is 5.67. The lowest BCUT2D eigenvalue weighted by Gasteiger charge is -2.31. The van der Waals surface area contributed by atoms with E-state index in [1.807, 2.05) is 18.2 Å². The van der Waals surface area contributed by atoms with Gasteiger partial charge in [-0.25, -0.2) is 0 Å². The first-order chi connectivity index (χ1) is 19.3. The van der Waals surface area contributed by atoms with Gasteiger partial charge in [0.25, 0.3) is 0 Å². The first-order valence-electron chi connectivity index (χ1n) is 13.0. The number of methoxy groups -OCH3 is 1. The number of carboxylic acids is 1. The third-order valence-corrected chi connectivity index (χ3v) is 7.96. The van der Waals surface area contributed by atoms with Crippen LogP contribution in [0.3, 0.4) is 0 Å². The maximum atomic E-state index is 11.0. The van der Waals surface area contributed by atoms with Gasteiger partial charge >= 0.3 is 5.97 Å². The molecule has 1 aliphatic heterocycles. The van der Waals surface area contributed by atoms with Gasteiger partial charge in [-0.3, -0.25) is 14.7 Å². The van der Waals surface area contributed by atoms with Gasteiger partial charge in [0.05, 0.1) is 39.6 Å². The molecule has 0 atom stereocenters. The fourth-order valence-electron chi connectivity index (χ4n) is 5.17. The molecular formula is C31H28Cl2N4O3. The molecule has 5 rings (SSSR count). The molecule has 4 aromatic rings. The lowest BCUT2D eigenvalue weighted by atomic mass is 9.93. The highest BCUT2D eigenvalue weighted by molar-refractivity contribution is 6.37. The molecule has 0 amide bonds. The fraction of sp³-hybridized carbons (Fsp3) is 0.258. The zero-order chi connectivity index (χ0) is 28.2. The van der Waals surface area contributed by atoms with Gasteiger partial charge in [-0.05, 0) is 60.7 Å². The summed E-state index contributed by atoms with van der Waals surface area (Å²) in [5.74, 6) is 0.0463. The first kappa shape index (κ1) is 27.7. The number of aliphatic carboxylic acids is 1. The van der Waals surface area contributed by atoms with Gasteiger partial charge in [-0.15, -0.1) is 0 Å². The van der Waals surface area contributed by atoms with E-state index >= 15 is 0 Å². The number of halogens is 2. The molecule has 1 aliphatic rings. The molecule has 9 heteroatoms. The Bertz CT molecular complexity index is 1590. The summed E-state index contributed by atoms with van der Waals surface area (Å²) in [6, 6.07) is 20.0. The van der Waals surface area contributed by atoms with E-state index in [2.05, 4.69) is 45.5 Å². The quantitative estimate of drug-likeness (QED) is 0.224. The first-order valence-corrected chi connectivity index (χ1v) is 13.8. The van der Waals surface area contributed by atoms with Crippen molar-refractivity contribution >= 4 is 51.4 Å². The van der Waals surface area contributed by atoms with E-state index in [1.165, 1.54) is 12.7 Å². The molecule has 0 aliphatic carbocycles. The summed E-state index contributed by atoms with van der Waals surface area (Å²) in [4.78, 5) is 17.9. The Morgan fingerprint density at radius 2 is 1.82 bits per heavy atom. The normalized spacial score (nSPS) is 14.2. The van der Waals surface area contributed by atoms with Crippen molar-refractivity contribution in [2.75, 3.05) is 25.5 Å². The Labute approximate surface area is 242 Å². The number of benzene rings is 3. The van der Waals surface area contributed by atoms with E-state index in [0.717, 1.165) is 54.5 Å². The summed E-state index contributed by atoms with van der Waals surface area (Å²) >= 11 is 12.6. The van der Waals surface area contributed by atoms with Crippen LogP contribution in [-0.4, -0.2) is 41.2 Å². The van der Waals surface area contributed by atoms with Gasteiger partial charge in [0.1, 0.15) is 11.8 Å². The van der Waals surface area contributed by atoms with Crippen LogP contribution >= 0.6 is 23.2 Å². The van der Waals surface area contributed by atoms with Gasteiger partial charge in [0, 0.05) is 30.6 Å². The van der Waals surface area contributed by atoms with Crippen molar-refractivity contribution in [3.63, 3.8) is 0 Å². The lowest BCUT2D eigenvalue weighted by molar-refractivity contribution is -0.138. The minimum Gasteiger partial charge on any atom is -0.495 e. The second kappa shape index (κ2) is 12.1. The monoisotopic (exact) mass is 574 g/mol. The number of nitriles is 1. The molecule has 0 spiro atoms. The van der Waals surface area contributed by atoms with Crippen LogP contribution in [0, 0.1) is 17.2 Å². The van der Waals surface area contributed by atoms with E-state index < -0.39 is 5.97 Å². The number of aromatic nitrogens is 1. The largest absolute Gasteiger partial charge is 0.495 e. The summed E-state index contributed by atoms with van der Waals surface area (Å²) in [5, 5.41) is 23.7. The van der Waals surface area contributed by atoms with Crippen LogP contribution in [0.2, 0.25) is 10.0 Å². The molecule has 1 aromatic heterocycles. The van der Waals surface area contributed by atoms with Gasteiger partial charge < -0.3 is 15.2 Å². The number of likely N-dealkylation sites (tertiary alicyclic amines) is 1. The van der Waals surface area contributed by atoms with E-state index in [4.69, 9.17) is 33.0 Å². The van der Waals surface area contributed by atoms with E-state index in [1.54, 1.807) is 18.3 Å². The van der Waals surface area contributed by atoms with E-state index in [0.29, 0.717) is 32.7 Å². The zero-order valence-electron chi connectivity index (χ0n) is 22.0. The second-order valence-corrected chi connectivity index (χ2v) is 10.8. The third-order valence-electron chi connectivity index (χ3n) is 7.35. The molecule has 1 saturated heterocycles. The van der Waals surface area contributed by atoms with E-state index in [-0.39, 0.29) is 12.3 Å². The minimum absolute atomic E-state index is 0.266. The predicted octanol–water partition coefficient (Wildman–Crippen LogP) is 7.52. The highest BCUT2D eigenvalue weighted by Gasteiger charge is 2.21. The molecule has 2 heterocycles. The Morgan fingerprint density at radius 3 is 2.50 bits per heavy atom. The number of carbonyl (C=O) groups is 1. The number of anilines is 2. The van der Waals surface area contributed by atoms with Crippen LogP contribution < -0.4 is 10.1 Å². The van der Waals surface area contributed by atoms with Crippen molar-refractivity contribution < 1.29 is 14.6 Å². The number of nitrogens with one attached hydrogen (secondary N) is 1. The van der Waals surface area contributed by atoms with Crippen LogP contribution in [0.1, 0.15) is 30.4 Å². The molecule has 40 heavy (non-hydrogen) atoms. The highest BCUT2D eigenvalue weighted by Crippen LogP contribution is 2.38. The third kappa shape index (κ3) is 6.15. The molecule has 3 aromatic carbocycles. The number of carboxylic acid groups (broad SMARTS) is 1. The molecule has 1 fully saturated rings. The molecule has 0 bridgehead atoms. The summed E-state index contributed by atoms with van der Waals surface area (Å²) in [6.45, 7) is 2.69. The number of ether oxygens (including phenoxy) is 1. The minimum atomic E-state index is -0.706. The maximum absolute atomic E-state index is 11.0. The van der Waals surface area contributed by atoms with Crippen molar-refractivity contribution in [1.82, 2.24) is 9.88 Å². The zero-order valence-corrected chi connectivity index (χ0v) is 23.5. The van der Waals surface area contributed by atoms with Crippen LogP contribution in [0.5, 0.6) is 5.75 Å². The number of piperidine rings is 1. The van der Waals surface area contributed by atoms with E-state index in [9.17, 15) is 10.1 Å². The Balaban J connectivity index is 1.35. The van der Waals surface area contributed by atoms with Crippen molar-refractivity contribution in [3.8, 4) is 22.9 Å². The van der Waals surface area contributed by atoms with Crippen molar-refractivity contribution in [2.45, 2.75) is 25.8 Å². The summed E-state index contributed by atoms with van der Waals surface area (Å²) in [5.41, 5.74) is 5.61. The van der Waals surface area contributed by atoms with Crippen LogP contribution in [0.4, 0.5) is 11.4 Å². The lowest BCUT2D eigenvalue weighted by Crippen LogP contribution is -2.33. The smallest absolute Gasteiger partial charge is 0.303 e. The second-order valence-electron chi connectivity index (χ2n) is 10.00. The maximum Gasteiger partial charge on any atom is 0.303 e. The Hall–Kier alpha value is -3.83. The molecule has 0 radical (unpaired) electrons. The molecule has 2 N–H and O–H groups in total. The summed E-state index contributed by atoms with van der Waals surface area (Å²) < 4.78 is 5.32. The molecule has 7 nitrogen and oxygen atoms in total. The molecule has 0 unspecified atom stereocenters. The number of hydrogen-bond acceptors (Lipinski definition) is 6. The van der Waals surface area contributed by atoms with Crippen molar-refractivity contribution in [3.05, 3.63) is 82.0 Å². The van der Waals surface area contributed by atoms with Gasteiger partial charge in [0.15, 0.2) is 0 Å². The van der Waals surface area contributed by atoms with Gasteiger partial charge in [-0.2, -0.15) is 5.26 Å². The van der Waals surface area contributed by atoms with Crippen molar-refractivity contribution in [1.29, 1.82) is 5.26 Å². The Kier molecular flexibility index (Phi) is 8.41. The topological polar surface area (TPSA) is 98.5 Å². The number of hydrogen-bond donors (Lipinski definition) is 2. The Morgan fingerprint density at radius 1 is 1.10 bits per heavy atom. The standard InChI is InChI=1S/C31H28Cl2N4O3/c1-40-29-15-28(25(32)14-26(29)33)36-31-23(16-34)17-35-27-13-22(6-7-24(27)31)21-4-2-20(3-5-21)18-37-10-8-19(9-11-37)12-30(38)39/h2-7,13-15,17,19H,8-12,18H2,1H3,(H,35,36)(H,38,39). The summed E-state index contributed by atoms with van der Waals surface area (Å²) in [7, 11) is 1.53. The van der Waals surface area contributed by atoms with Gasteiger partial charge in [0.2, 0.25) is 0 Å². The van der Waals surface area contributed by atoms with Crippen LogP contribution in [-0.2, 0) is 11.3 Å². The molecular weight excluding hydrogens is 547 g/mol. The van der Waals surface area contributed by atoms with Crippen molar-refractivity contribution in [2.24, 2.45) is 5.92 Å². The summed E-state index contributed by atoms with van der Waals surface area (Å²) in [6.07, 6.45) is 3.67. The number of nitrogens with zero attached hydrogens (tertiary/aromatic N) is 3. The average Bonchev–Trinajstić information content (AvgIpc) is 2.95. The number of pyridine rings is 1. The molecule has 204 valence electrons. The van der Waals surface area contributed by atoms with Gasteiger partial charge in [-0.1, -0.05) is 59.6 Å². The van der Waals surface area contributed by atoms with Crippen LogP contribution in [0.25, 0.3) is 22.0 Å². The predicted molar refractivity (Wildman–Crippen MR) is 158 cm³/mol. The average molecular weight is 575 g/mol. The highest BCUT2D eigenvalue weighted by atomic mass is 35.5. The SMILES string of the molecule is COc1cc(Nc2c(C#N)cnc3cc(-c4ccc(CN5CCC(CC(=O)O)CC5)cc4)ccc23)c(Cl)cc1Cl. The number of rotatable bonds is 8. The molecule has 0 saturated carbocycles. The van der Waals surface area contributed by atoms with Crippen LogP contribution in [0.15, 0.2) is 60.8 Å². The number of fused-ring (bicyclic) bond motifs is 1.